The van der Waals surface area contributed by atoms with E-state index in [4.69, 9.17) is 9.52 Å². The highest BCUT2D eigenvalue weighted by Crippen LogP contribution is 2.26. The first-order valence-corrected chi connectivity index (χ1v) is 8.00. The zero-order valence-electron chi connectivity index (χ0n) is 11.9. The average Bonchev–Trinajstić information content (AvgIpc) is 3.18. The van der Waals surface area contributed by atoms with Crippen molar-refractivity contribution in [3.8, 4) is 10.6 Å². The number of likely N-dealkylation sites (tertiary alicyclic amines) is 1. The Kier molecular flexibility index (Phi) is 4.24. The first-order valence-electron chi connectivity index (χ1n) is 7.12. The van der Waals surface area contributed by atoms with Crippen LogP contribution in [0, 0.1) is 5.92 Å². The van der Waals surface area contributed by atoms with Crippen LogP contribution in [-0.4, -0.2) is 40.0 Å². The van der Waals surface area contributed by atoms with E-state index in [9.17, 15) is 9.59 Å². The molecule has 3 rings (SSSR count). The lowest BCUT2D eigenvalue weighted by molar-refractivity contribution is -0.138. The van der Waals surface area contributed by atoms with Gasteiger partial charge in [-0.25, -0.2) is 4.98 Å². The number of carboxylic acids is 1. The highest BCUT2D eigenvalue weighted by molar-refractivity contribution is 7.13. The summed E-state index contributed by atoms with van der Waals surface area (Å²) >= 11 is 1.41. The van der Waals surface area contributed by atoms with Crippen molar-refractivity contribution < 1.29 is 19.1 Å². The molecule has 116 valence electrons. The summed E-state index contributed by atoms with van der Waals surface area (Å²) in [6.45, 7) is 1.19. The summed E-state index contributed by atoms with van der Waals surface area (Å²) in [4.78, 5) is 29.3. The molecule has 0 saturated carbocycles. The lowest BCUT2D eigenvalue weighted by atomic mass is 9.93. The van der Waals surface area contributed by atoms with E-state index < -0.39 is 5.97 Å². The number of piperidine rings is 1. The molecule has 0 aliphatic carbocycles. The van der Waals surface area contributed by atoms with Gasteiger partial charge in [0.1, 0.15) is 17.0 Å². The molecule has 3 heterocycles. The third-order valence-electron chi connectivity index (χ3n) is 3.86. The van der Waals surface area contributed by atoms with Gasteiger partial charge in [-0.3, -0.25) is 9.59 Å². The SMILES string of the molecule is O=C(O)CC1CCN(C(=O)c2csc(-c3ccoc3)n2)CC1. The predicted octanol–water partition coefficient (Wildman–Crippen LogP) is 2.73. The minimum Gasteiger partial charge on any atom is -0.481 e. The Labute approximate surface area is 131 Å². The number of thiazole rings is 1. The van der Waals surface area contributed by atoms with Crippen LogP contribution in [0.15, 0.2) is 28.4 Å². The number of hydrogen-bond acceptors (Lipinski definition) is 5. The second kappa shape index (κ2) is 6.31. The molecule has 0 atom stereocenters. The van der Waals surface area contributed by atoms with Crippen LogP contribution in [0.4, 0.5) is 0 Å². The topological polar surface area (TPSA) is 83.6 Å². The Bertz CT molecular complexity index is 657. The van der Waals surface area contributed by atoms with Crippen molar-refractivity contribution in [2.24, 2.45) is 5.92 Å². The zero-order chi connectivity index (χ0) is 15.5. The van der Waals surface area contributed by atoms with E-state index in [2.05, 4.69) is 4.98 Å². The molecule has 1 amide bonds. The Morgan fingerprint density at radius 1 is 1.41 bits per heavy atom. The van der Waals surface area contributed by atoms with Gasteiger partial charge in [-0.05, 0) is 24.8 Å². The predicted molar refractivity (Wildman–Crippen MR) is 80.7 cm³/mol. The quantitative estimate of drug-likeness (QED) is 0.936. The highest BCUT2D eigenvalue weighted by Gasteiger charge is 2.26. The first-order chi connectivity index (χ1) is 10.6. The molecule has 0 spiro atoms. The van der Waals surface area contributed by atoms with E-state index in [1.807, 2.05) is 6.07 Å². The number of carboxylic acid groups (broad SMARTS) is 1. The maximum absolute atomic E-state index is 12.4. The van der Waals surface area contributed by atoms with Crippen LogP contribution < -0.4 is 0 Å². The number of amides is 1. The van der Waals surface area contributed by atoms with Crippen LogP contribution >= 0.6 is 11.3 Å². The highest BCUT2D eigenvalue weighted by atomic mass is 32.1. The van der Waals surface area contributed by atoms with Crippen molar-refractivity contribution in [1.29, 1.82) is 0 Å². The second-order valence-corrected chi connectivity index (χ2v) is 6.24. The lowest BCUT2D eigenvalue weighted by Crippen LogP contribution is -2.39. The number of nitrogens with zero attached hydrogens (tertiary/aromatic N) is 2. The molecule has 1 aliphatic rings. The van der Waals surface area contributed by atoms with Gasteiger partial charge in [-0.2, -0.15) is 0 Å². The molecule has 1 saturated heterocycles. The normalized spacial score (nSPS) is 15.9. The van der Waals surface area contributed by atoms with Gasteiger partial charge in [0.05, 0.1) is 6.26 Å². The van der Waals surface area contributed by atoms with Crippen molar-refractivity contribution in [2.45, 2.75) is 19.3 Å². The fourth-order valence-corrected chi connectivity index (χ4v) is 3.42. The Morgan fingerprint density at radius 2 is 2.18 bits per heavy atom. The van der Waals surface area contributed by atoms with Crippen LogP contribution in [0.5, 0.6) is 0 Å². The summed E-state index contributed by atoms with van der Waals surface area (Å²) in [5, 5.41) is 11.3. The van der Waals surface area contributed by atoms with Gasteiger partial charge in [0.25, 0.3) is 5.91 Å². The number of aromatic nitrogens is 1. The van der Waals surface area contributed by atoms with E-state index in [-0.39, 0.29) is 18.2 Å². The van der Waals surface area contributed by atoms with Gasteiger partial charge < -0.3 is 14.4 Å². The summed E-state index contributed by atoms with van der Waals surface area (Å²) in [7, 11) is 0. The van der Waals surface area contributed by atoms with Gasteiger partial charge in [0.15, 0.2) is 0 Å². The summed E-state index contributed by atoms with van der Waals surface area (Å²) in [6.07, 6.45) is 4.83. The van der Waals surface area contributed by atoms with Gasteiger partial charge in [0.2, 0.25) is 0 Å². The number of aliphatic carboxylic acids is 1. The maximum atomic E-state index is 12.4. The van der Waals surface area contributed by atoms with Gasteiger partial charge >= 0.3 is 5.97 Å². The number of carbonyl (C=O) groups excluding carboxylic acids is 1. The van der Waals surface area contributed by atoms with Crippen molar-refractivity contribution in [3.05, 3.63) is 29.7 Å². The molecule has 1 N–H and O–H groups in total. The first kappa shape index (κ1) is 14.8. The van der Waals surface area contributed by atoms with Crippen LogP contribution in [0.1, 0.15) is 29.8 Å². The summed E-state index contributed by atoms with van der Waals surface area (Å²) in [5.74, 6) is -0.688. The van der Waals surface area contributed by atoms with Crippen LogP contribution in [0.3, 0.4) is 0 Å². The maximum Gasteiger partial charge on any atom is 0.303 e. The van der Waals surface area contributed by atoms with Gasteiger partial charge in [-0.1, -0.05) is 0 Å². The number of carbonyl (C=O) groups is 2. The molecular formula is C15H16N2O4S. The number of rotatable bonds is 4. The Hall–Kier alpha value is -2.15. The zero-order valence-corrected chi connectivity index (χ0v) is 12.7. The minimum atomic E-state index is -0.769. The summed E-state index contributed by atoms with van der Waals surface area (Å²) in [6, 6.07) is 1.81. The molecule has 22 heavy (non-hydrogen) atoms. The Balaban J connectivity index is 1.62. The standard InChI is InChI=1S/C15H16N2O4S/c18-13(19)7-10-1-4-17(5-2-10)15(20)12-9-22-14(16-12)11-3-6-21-8-11/h3,6,8-10H,1-2,4-5,7H2,(H,18,19). The lowest BCUT2D eigenvalue weighted by Gasteiger charge is -2.30. The van der Waals surface area contributed by atoms with Gasteiger partial charge in [0, 0.05) is 30.5 Å². The summed E-state index contributed by atoms with van der Waals surface area (Å²) in [5.41, 5.74) is 1.31. The Morgan fingerprint density at radius 3 is 2.82 bits per heavy atom. The van der Waals surface area contributed by atoms with Crippen molar-refractivity contribution >= 4 is 23.2 Å². The molecule has 1 fully saturated rings. The molecule has 7 heteroatoms. The largest absolute Gasteiger partial charge is 0.481 e. The molecule has 0 unspecified atom stereocenters. The van der Waals surface area contributed by atoms with Crippen LogP contribution in [-0.2, 0) is 4.79 Å². The molecule has 2 aromatic rings. The van der Waals surface area contributed by atoms with Crippen LogP contribution in [0.25, 0.3) is 10.6 Å². The van der Waals surface area contributed by atoms with Crippen molar-refractivity contribution in [2.75, 3.05) is 13.1 Å². The molecule has 6 nitrogen and oxygen atoms in total. The van der Waals surface area contributed by atoms with E-state index in [0.717, 1.165) is 23.4 Å². The van der Waals surface area contributed by atoms with Crippen molar-refractivity contribution in [3.63, 3.8) is 0 Å². The summed E-state index contributed by atoms with van der Waals surface area (Å²) < 4.78 is 5.02. The molecule has 0 radical (unpaired) electrons. The van der Waals surface area contributed by atoms with E-state index in [1.54, 1.807) is 22.8 Å². The fourth-order valence-electron chi connectivity index (χ4n) is 2.64. The second-order valence-electron chi connectivity index (χ2n) is 5.38. The van der Waals surface area contributed by atoms with E-state index in [1.165, 1.54) is 11.3 Å². The van der Waals surface area contributed by atoms with E-state index >= 15 is 0 Å². The third-order valence-corrected chi connectivity index (χ3v) is 4.75. The average molecular weight is 320 g/mol. The molecule has 0 aromatic carbocycles. The molecule has 1 aliphatic heterocycles. The van der Waals surface area contributed by atoms with Gasteiger partial charge in [-0.15, -0.1) is 11.3 Å². The minimum absolute atomic E-state index is 0.0835. The molecule has 0 bridgehead atoms. The number of hydrogen-bond donors (Lipinski definition) is 1. The monoisotopic (exact) mass is 320 g/mol. The van der Waals surface area contributed by atoms with Crippen LogP contribution in [0.2, 0.25) is 0 Å². The molecular weight excluding hydrogens is 304 g/mol. The number of furan rings is 1. The third kappa shape index (κ3) is 3.19. The fraction of sp³-hybridized carbons (Fsp3) is 0.400. The molecule has 2 aromatic heterocycles. The van der Waals surface area contributed by atoms with E-state index in [0.29, 0.717) is 18.8 Å². The smallest absolute Gasteiger partial charge is 0.303 e. The van der Waals surface area contributed by atoms with Crippen molar-refractivity contribution in [1.82, 2.24) is 9.88 Å².